The third-order valence-electron chi connectivity index (χ3n) is 2.40. The molecule has 0 aliphatic carbocycles. The molecule has 0 atom stereocenters. The quantitative estimate of drug-likeness (QED) is 0.913. The van der Waals surface area contributed by atoms with E-state index in [1.807, 2.05) is 0 Å². The first kappa shape index (κ1) is 12.6. The molecule has 0 fully saturated rings. The highest BCUT2D eigenvalue weighted by Gasteiger charge is 2.29. The third-order valence-corrected chi connectivity index (χ3v) is 2.40. The van der Waals surface area contributed by atoms with Crippen LogP contribution < -0.4 is 5.32 Å². The van der Waals surface area contributed by atoms with Gasteiger partial charge in [-0.2, -0.15) is 13.2 Å². The van der Waals surface area contributed by atoms with E-state index in [1.165, 1.54) is 18.3 Å². The van der Waals surface area contributed by atoms with Gasteiger partial charge >= 0.3 is 6.18 Å². The first-order valence-corrected chi connectivity index (χ1v) is 5.32. The van der Waals surface area contributed by atoms with Gasteiger partial charge in [0.15, 0.2) is 0 Å². The van der Waals surface area contributed by atoms with Crippen LogP contribution in [0.4, 0.5) is 13.2 Å². The van der Waals surface area contributed by atoms with Gasteiger partial charge in [-0.25, -0.2) is 0 Å². The van der Waals surface area contributed by atoms with Gasteiger partial charge in [0.05, 0.1) is 18.3 Å². The van der Waals surface area contributed by atoms with Crippen molar-refractivity contribution in [2.75, 3.05) is 0 Å². The molecule has 18 heavy (non-hydrogen) atoms. The molecule has 0 saturated heterocycles. The van der Waals surface area contributed by atoms with Gasteiger partial charge in [-0.05, 0) is 17.7 Å². The molecule has 2 aromatic rings. The van der Waals surface area contributed by atoms with Gasteiger partial charge in [-0.15, -0.1) is 0 Å². The summed E-state index contributed by atoms with van der Waals surface area (Å²) >= 11 is 0. The van der Waals surface area contributed by atoms with Crippen LogP contribution in [-0.4, -0.2) is 5.16 Å². The number of rotatable bonds is 4. The number of hydrogen-bond acceptors (Lipinski definition) is 3. The lowest BCUT2D eigenvalue weighted by atomic mass is 10.1. The number of benzene rings is 1. The van der Waals surface area contributed by atoms with Gasteiger partial charge in [-0.3, -0.25) is 0 Å². The van der Waals surface area contributed by atoms with E-state index in [0.29, 0.717) is 18.8 Å². The third kappa shape index (κ3) is 3.33. The van der Waals surface area contributed by atoms with E-state index in [1.54, 1.807) is 6.07 Å². The Kier molecular flexibility index (Phi) is 3.66. The summed E-state index contributed by atoms with van der Waals surface area (Å²) < 4.78 is 41.8. The smallest absolute Gasteiger partial charge is 0.360 e. The maximum atomic E-state index is 12.3. The fourth-order valence-corrected chi connectivity index (χ4v) is 1.47. The van der Waals surface area contributed by atoms with Crippen molar-refractivity contribution in [2.45, 2.75) is 19.3 Å². The Morgan fingerprint density at radius 2 is 1.78 bits per heavy atom. The maximum absolute atomic E-state index is 12.3. The summed E-state index contributed by atoms with van der Waals surface area (Å²) in [6.45, 7) is 0.958. The number of alkyl halides is 3. The normalized spacial score (nSPS) is 11.7. The summed E-state index contributed by atoms with van der Waals surface area (Å²) in [4.78, 5) is 0. The largest absolute Gasteiger partial charge is 0.416 e. The molecule has 0 aliphatic rings. The first-order chi connectivity index (χ1) is 8.55. The number of nitrogens with one attached hydrogen (secondary N) is 1. The van der Waals surface area contributed by atoms with E-state index in [2.05, 4.69) is 10.5 Å². The summed E-state index contributed by atoms with van der Waals surface area (Å²) in [5, 5.41) is 6.59. The second-order valence-electron chi connectivity index (χ2n) is 3.78. The van der Waals surface area contributed by atoms with Crippen LogP contribution >= 0.6 is 0 Å². The van der Waals surface area contributed by atoms with Crippen molar-refractivity contribution >= 4 is 0 Å². The van der Waals surface area contributed by atoms with Gasteiger partial charge in [0.1, 0.15) is 5.76 Å². The second kappa shape index (κ2) is 5.22. The molecule has 0 unspecified atom stereocenters. The van der Waals surface area contributed by atoms with Crippen LogP contribution in [0.25, 0.3) is 0 Å². The summed E-state index contributed by atoms with van der Waals surface area (Å²) in [6, 6.07) is 6.78. The summed E-state index contributed by atoms with van der Waals surface area (Å²) in [5.41, 5.74) is 0.143. The molecule has 1 N–H and O–H groups in total. The standard InChI is InChI=1S/C12H11F3N2O/c13-12(14,15)10-3-1-9(2-4-10)7-16-8-11-5-6-17-18-11/h1-6,16H,7-8H2. The number of halogens is 3. The molecule has 0 bridgehead atoms. The Bertz CT molecular complexity index is 477. The van der Waals surface area contributed by atoms with Crippen molar-refractivity contribution < 1.29 is 17.7 Å². The van der Waals surface area contributed by atoms with E-state index in [9.17, 15) is 13.2 Å². The predicted molar refractivity (Wildman–Crippen MR) is 58.5 cm³/mol. The summed E-state index contributed by atoms with van der Waals surface area (Å²) in [7, 11) is 0. The van der Waals surface area contributed by atoms with Gasteiger partial charge in [-0.1, -0.05) is 17.3 Å². The molecular weight excluding hydrogens is 245 g/mol. The van der Waals surface area contributed by atoms with Crippen LogP contribution in [0.3, 0.4) is 0 Å². The fourth-order valence-electron chi connectivity index (χ4n) is 1.47. The van der Waals surface area contributed by atoms with Crippen molar-refractivity contribution in [2.24, 2.45) is 0 Å². The molecule has 0 saturated carbocycles. The van der Waals surface area contributed by atoms with Crippen molar-refractivity contribution in [1.29, 1.82) is 0 Å². The van der Waals surface area contributed by atoms with Crippen molar-refractivity contribution in [3.05, 3.63) is 53.4 Å². The highest BCUT2D eigenvalue weighted by Crippen LogP contribution is 2.28. The molecule has 0 radical (unpaired) electrons. The highest BCUT2D eigenvalue weighted by molar-refractivity contribution is 5.24. The molecule has 0 spiro atoms. The molecule has 1 aromatic carbocycles. The lowest BCUT2D eigenvalue weighted by Gasteiger charge is -2.07. The van der Waals surface area contributed by atoms with E-state index < -0.39 is 11.7 Å². The van der Waals surface area contributed by atoms with Crippen molar-refractivity contribution in [1.82, 2.24) is 10.5 Å². The van der Waals surface area contributed by atoms with Crippen LogP contribution in [0, 0.1) is 0 Å². The Hall–Kier alpha value is -1.82. The van der Waals surface area contributed by atoms with Crippen molar-refractivity contribution in [3.63, 3.8) is 0 Å². The zero-order chi connectivity index (χ0) is 13.0. The molecular formula is C12H11F3N2O. The Labute approximate surface area is 102 Å². The van der Waals surface area contributed by atoms with Gasteiger partial charge in [0.2, 0.25) is 0 Å². The summed E-state index contributed by atoms with van der Waals surface area (Å²) in [6.07, 6.45) is -2.75. The average molecular weight is 256 g/mol. The van der Waals surface area contributed by atoms with E-state index >= 15 is 0 Å². The van der Waals surface area contributed by atoms with Crippen LogP contribution in [0.5, 0.6) is 0 Å². The van der Waals surface area contributed by atoms with Gasteiger partial charge in [0.25, 0.3) is 0 Å². The molecule has 1 heterocycles. The van der Waals surface area contributed by atoms with Crippen LogP contribution in [0.15, 0.2) is 41.1 Å². The topological polar surface area (TPSA) is 38.1 Å². The predicted octanol–water partition coefficient (Wildman–Crippen LogP) is 2.98. The van der Waals surface area contributed by atoms with Gasteiger partial charge < -0.3 is 9.84 Å². The van der Waals surface area contributed by atoms with Crippen LogP contribution in [-0.2, 0) is 19.3 Å². The number of hydrogen-bond donors (Lipinski definition) is 1. The molecule has 96 valence electrons. The Balaban J connectivity index is 1.87. The minimum atomic E-state index is -4.29. The molecule has 1 aromatic heterocycles. The van der Waals surface area contributed by atoms with Gasteiger partial charge in [0, 0.05) is 12.6 Å². The SMILES string of the molecule is FC(F)(F)c1ccc(CNCc2ccno2)cc1. The van der Waals surface area contributed by atoms with E-state index in [-0.39, 0.29) is 0 Å². The monoisotopic (exact) mass is 256 g/mol. The van der Waals surface area contributed by atoms with Crippen LogP contribution in [0.1, 0.15) is 16.9 Å². The minimum Gasteiger partial charge on any atom is -0.360 e. The highest BCUT2D eigenvalue weighted by atomic mass is 19.4. The average Bonchev–Trinajstić information content (AvgIpc) is 2.82. The zero-order valence-electron chi connectivity index (χ0n) is 9.37. The molecule has 0 amide bonds. The van der Waals surface area contributed by atoms with Crippen LogP contribution in [0.2, 0.25) is 0 Å². The number of aromatic nitrogens is 1. The first-order valence-electron chi connectivity index (χ1n) is 5.32. The second-order valence-corrected chi connectivity index (χ2v) is 3.78. The maximum Gasteiger partial charge on any atom is 0.416 e. The lowest BCUT2D eigenvalue weighted by molar-refractivity contribution is -0.137. The summed E-state index contributed by atoms with van der Waals surface area (Å²) in [5.74, 6) is 0.682. The molecule has 0 aliphatic heterocycles. The van der Waals surface area contributed by atoms with Crippen molar-refractivity contribution in [3.8, 4) is 0 Å². The zero-order valence-corrected chi connectivity index (χ0v) is 9.37. The lowest BCUT2D eigenvalue weighted by Crippen LogP contribution is -2.12. The Morgan fingerprint density at radius 1 is 1.06 bits per heavy atom. The molecule has 2 rings (SSSR count). The Morgan fingerprint density at radius 3 is 2.33 bits per heavy atom. The molecule has 6 heteroatoms. The molecule has 3 nitrogen and oxygen atoms in total. The van der Waals surface area contributed by atoms with E-state index in [0.717, 1.165) is 17.7 Å². The number of nitrogens with zero attached hydrogens (tertiary/aromatic N) is 1. The fraction of sp³-hybridized carbons (Fsp3) is 0.250. The minimum absolute atomic E-state index is 0.471. The van der Waals surface area contributed by atoms with E-state index in [4.69, 9.17) is 4.52 Å².